The van der Waals surface area contributed by atoms with Gasteiger partial charge in [0.05, 0.1) is 17.3 Å². The molecule has 0 radical (unpaired) electrons. The lowest BCUT2D eigenvalue weighted by Gasteiger charge is -2.30. The number of amides is 1. The molecule has 33 heavy (non-hydrogen) atoms. The number of nitrogens with one attached hydrogen (secondary N) is 1. The van der Waals surface area contributed by atoms with Crippen molar-refractivity contribution in [2.45, 2.75) is 38.1 Å². The number of hydrogen-bond acceptors (Lipinski definition) is 5. The Bertz CT molecular complexity index is 1320. The minimum atomic E-state index is -4.16. The Labute approximate surface area is 191 Å². The Morgan fingerprint density at radius 3 is 2.61 bits per heavy atom. The van der Waals surface area contributed by atoms with Gasteiger partial charge in [-0.05, 0) is 53.8 Å². The Morgan fingerprint density at radius 2 is 2.03 bits per heavy atom. The van der Waals surface area contributed by atoms with E-state index in [1.807, 2.05) is 26.8 Å². The first kappa shape index (κ1) is 23.9. The molecule has 0 aliphatic carbocycles. The predicted octanol–water partition coefficient (Wildman–Crippen LogP) is 4.02. The van der Waals surface area contributed by atoms with E-state index in [9.17, 15) is 28.0 Å². The highest BCUT2D eigenvalue weighted by Gasteiger charge is 2.29. The summed E-state index contributed by atoms with van der Waals surface area (Å²) in [4.78, 5) is 15.1. The molecule has 0 saturated heterocycles. The summed E-state index contributed by atoms with van der Waals surface area (Å²) in [5.41, 5.74) is 0.125. The van der Waals surface area contributed by atoms with Crippen LogP contribution < -0.4 is 5.32 Å². The van der Waals surface area contributed by atoms with Gasteiger partial charge in [0, 0.05) is 30.2 Å². The van der Waals surface area contributed by atoms with Gasteiger partial charge in [0.1, 0.15) is 10.7 Å². The molecule has 0 saturated carbocycles. The van der Waals surface area contributed by atoms with Gasteiger partial charge in [-0.3, -0.25) is 4.98 Å². The van der Waals surface area contributed by atoms with E-state index in [-0.39, 0.29) is 28.1 Å². The van der Waals surface area contributed by atoms with Crippen molar-refractivity contribution in [2.24, 2.45) is 5.41 Å². The molecule has 8 nitrogen and oxygen atoms in total. The summed E-state index contributed by atoms with van der Waals surface area (Å²) >= 11 is 0. The maximum absolute atomic E-state index is 14.8. The predicted molar refractivity (Wildman–Crippen MR) is 119 cm³/mol. The van der Waals surface area contributed by atoms with E-state index >= 15 is 0 Å². The maximum atomic E-state index is 14.8. The number of nitriles is 1. The standard InChI is InChI=1S/C23H23FN4O4S/c1-23(2,3)21(27-22(29)30)11-16-10-20(18-9-15(12-25)6-7-19(18)24)28(14-16)33(31,32)17-5-4-8-26-13-17/h4-10,13-14,21,27H,11H2,1-3H3,(H,29,30). The highest BCUT2D eigenvalue weighted by Crippen LogP contribution is 2.31. The first-order chi connectivity index (χ1) is 15.4. The van der Waals surface area contributed by atoms with Crippen LogP contribution in [-0.4, -0.2) is 34.6 Å². The van der Waals surface area contributed by atoms with Crippen molar-refractivity contribution in [3.8, 4) is 17.3 Å². The number of nitrogens with zero attached hydrogens (tertiary/aromatic N) is 3. The van der Waals surface area contributed by atoms with Gasteiger partial charge >= 0.3 is 6.09 Å². The Balaban J connectivity index is 2.21. The van der Waals surface area contributed by atoms with E-state index in [0.717, 1.165) is 10.0 Å². The van der Waals surface area contributed by atoms with Crippen molar-refractivity contribution in [1.82, 2.24) is 14.3 Å². The lowest BCUT2D eigenvalue weighted by Crippen LogP contribution is -2.44. The average Bonchev–Trinajstić information content (AvgIpc) is 3.18. The molecule has 10 heteroatoms. The van der Waals surface area contributed by atoms with Crippen LogP contribution in [0.2, 0.25) is 0 Å². The van der Waals surface area contributed by atoms with Crippen molar-refractivity contribution in [3.05, 3.63) is 71.9 Å². The van der Waals surface area contributed by atoms with Gasteiger partial charge in [0.15, 0.2) is 0 Å². The topological polar surface area (TPSA) is 125 Å². The van der Waals surface area contributed by atoms with Gasteiger partial charge in [0.25, 0.3) is 10.0 Å². The number of halogens is 1. The molecule has 1 unspecified atom stereocenters. The monoisotopic (exact) mass is 470 g/mol. The van der Waals surface area contributed by atoms with Crippen LogP contribution in [0.1, 0.15) is 31.9 Å². The second-order valence-electron chi connectivity index (χ2n) is 8.60. The van der Waals surface area contributed by atoms with Crippen LogP contribution in [0, 0.1) is 22.6 Å². The van der Waals surface area contributed by atoms with Crippen molar-refractivity contribution in [2.75, 3.05) is 0 Å². The molecular weight excluding hydrogens is 447 g/mol. The van der Waals surface area contributed by atoms with E-state index in [2.05, 4.69) is 10.3 Å². The number of aromatic nitrogens is 2. The molecule has 2 heterocycles. The molecule has 2 N–H and O–H groups in total. The number of carboxylic acid groups (broad SMARTS) is 1. The third-order valence-electron chi connectivity index (χ3n) is 5.19. The molecule has 3 rings (SSSR count). The third-order valence-corrected chi connectivity index (χ3v) is 6.85. The smallest absolute Gasteiger partial charge is 0.404 e. The van der Waals surface area contributed by atoms with E-state index in [4.69, 9.17) is 0 Å². The summed E-state index contributed by atoms with van der Waals surface area (Å²) in [6.45, 7) is 5.57. The summed E-state index contributed by atoms with van der Waals surface area (Å²) in [5.74, 6) is -0.697. The minimum Gasteiger partial charge on any atom is -0.465 e. The summed E-state index contributed by atoms with van der Waals surface area (Å²) in [6.07, 6.45) is 2.93. The zero-order valence-corrected chi connectivity index (χ0v) is 19.1. The minimum absolute atomic E-state index is 0.0198. The maximum Gasteiger partial charge on any atom is 0.404 e. The highest BCUT2D eigenvalue weighted by atomic mass is 32.2. The van der Waals surface area contributed by atoms with Gasteiger partial charge in [-0.25, -0.2) is 21.6 Å². The quantitative estimate of drug-likeness (QED) is 0.560. The Morgan fingerprint density at radius 1 is 1.30 bits per heavy atom. The molecular formula is C23H23FN4O4S. The summed E-state index contributed by atoms with van der Waals surface area (Å²) in [5, 5.41) is 20.9. The first-order valence-electron chi connectivity index (χ1n) is 10.00. The molecule has 1 atom stereocenters. The second kappa shape index (κ2) is 9.03. The van der Waals surface area contributed by atoms with Gasteiger partial charge in [0.2, 0.25) is 0 Å². The van der Waals surface area contributed by atoms with E-state index < -0.39 is 33.4 Å². The summed E-state index contributed by atoms with van der Waals surface area (Å²) in [7, 11) is -4.16. The third kappa shape index (κ3) is 5.21. The van der Waals surface area contributed by atoms with E-state index in [1.54, 1.807) is 0 Å². The average molecular weight is 471 g/mol. The number of pyridine rings is 1. The Hall–Kier alpha value is -3.71. The normalized spacial score (nSPS) is 12.7. The molecule has 1 aromatic carbocycles. The highest BCUT2D eigenvalue weighted by molar-refractivity contribution is 7.90. The van der Waals surface area contributed by atoms with Crippen LogP contribution in [0.25, 0.3) is 11.3 Å². The molecule has 172 valence electrons. The fourth-order valence-corrected chi connectivity index (χ4v) is 4.72. The van der Waals surface area contributed by atoms with Crippen LogP contribution in [-0.2, 0) is 16.4 Å². The zero-order chi connectivity index (χ0) is 24.4. The van der Waals surface area contributed by atoms with Gasteiger partial charge in [-0.1, -0.05) is 20.8 Å². The number of rotatable bonds is 6. The van der Waals surface area contributed by atoms with Crippen molar-refractivity contribution >= 4 is 16.1 Å². The number of hydrogen-bond donors (Lipinski definition) is 2. The van der Waals surface area contributed by atoms with Gasteiger partial charge < -0.3 is 10.4 Å². The fraction of sp³-hybridized carbons (Fsp3) is 0.261. The van der Waals surface area contributed by atoms with Crippen molar-refractivity contribution in [1.29, 1.82) is 5.26 Å². The number of benzene rings is 1. The van der Waals surface area contributed by atoms with Gasteiger partial charge in [-0.15, -0.1) is 0 Å². The van der Waals surface area contributed by atoms with Crippen molar-refractivity contribution in [3.63, 3.8) is 0 Å². The second-order valence-corrected chi connectivity index (χ2v) is 10.4. The molecule has 0 aliphatic rings. The summed E-state index contributed by atoms with van der Waals surface area (Å²) in [6, 6.07) is 9.40. The van der Waals surface area contributed by atoms with Crippen LogP contribution in [0.4, 0.5) is 9.18 Å². The van der Waals surface area contributed by atoms with Crippen LogP contribution >= 0.6 is 0 Å². The van der Waals surface area contributed by atoms with Crippen LogP contribution in [0.5, 0.6) is 0 Å². The van der Waals surface area contributed by atoms with Gasteiger partial charge in [-0.2, -0.15) is 5.26 Å². The molecule has 0 spiro atoms. The zero-order valence-electron chi connectivity index (χ0n) is 18.3. The molecule has 2 aromatic heterocycles. The molecule has 1 amide bonds. The first-order valence-corrected chi connectivity index (χ1v) is 11.4. The molecule has 0 bridgehead atoms. The lowest BCUT2D eigenvalue weighted by molar-refractivity contribution is 0.174. The van der Waals surface area contributed by atoms with E-state index in [0.29, 0.717) is 5.56 Å². The molecule has 0 fully saturated rings. The molecule has 3 aromatic rings. The largest absolute Gasteiger partial charge is 0.465 e. The van der Waals surface area contributed by atoms with Crippen LogP contribution in [0.3, 0.4) is 0 Å². The van der Waals surface area contributed by atoms with Crippen LogP contribution in [0.15, 0.2) is 59.9 Å². The lowest BCUT2D eigenvalue weighted by atomic mass is 9.83. The Kier molecular flexibility index (Phi) is 6.56. The number of carbonyl (C=O) groups is 1. The molecule has 0 aliphatic heterocycles. The SMILES string of the molecule is CC(C)(C)C(Cc1cc(-c2cc(C#N)ccc2F)n(S(=O)(=O)c2cccnc2)c1)NC(=O)O. The van der Waals surface area contributed by atoms with Crippen molar-refractivity contribution < 1.29 is 22.7 Å². The van der Waals surface area contributed by atoms with E-state index in [1.165, 1.54) is 48.9 Å². The summed E-state index contributed by atoms with van der Waals surface area (Å²) < 4.78 is 42.5. The fourth-order valence-electron chi connectivity index (χ4n) is 3.37.